The third kappa shape index (κ3) is 3.89. The SMILES string of the molecule is CC(C)(C)[C@@H]1CCc2c(sc(NC(=O)c3ccc(Cl)cc3[N+](=O)[O-])c2C#N)C1. The second kappa shape index (κ2) is 7.53. The Hall–Kier alpha value is -2.43. The van der Waals surface area contributed by atoms with E-state index in [4.69, 9.17) is 11.6 Å². The fourth-order valence-electron chi connectivity index (χ4n) is 3.55. The Morgan fingerprint density at radius 3 is 2.75 bits per heavy atom. The molecule has 1 atom stereocenters. The van der Waals surface area contributed by atoms with Crippen molar-refractivity contribution in [1.82, 2.24) is 0 Å². The van der Waals surface area contributed by atoms with Crippen LogP contribution in [-0.2, 0) is 12.8 Å². The Bertz CT molecular complexity index is 1000. The number of fused-ring (bicyclic) bond motifs is 1. The molecule has 1 N–H and O–H groups in total. The summed E-state index contributed by atoms with van der Waals surface area (Å²) in [4.78, 5) is 24.4. The summed E-state index contributed by atoms with van der Waals surface area (Å²) in [6.07, 6.45) is 2.67. The molecule has 1 aliphatic carbocycles. The molecule has 0 fully saturated rings. The first-order valence-corrected chi connectivity index (χ1v) is 10.1. The van der Waals surface area contributed by atoms with Gasteiger partial charge in [0.15, 0.2) is 0 Å². The Morgan fingerprint density at radius 1 is 1.43 bits per heavy atom. The first-order chi connectivity index (χ1) is 13.1. The van der Waals surface area contributed by atoms with Crippen LogP contribution >= 0.6 is 22.9 Å². The van der Waals surface area contributed by atoms with E-state index in [1.807, 2.05) is 0 Å². The molecule has 28 heavy (non-hydrogen) atoms. The van der Waals surface area contributed by atoms with E-state index in [9.17, 15) is 20.2 Å². The van der Waals surface area contributed by atoms with Crippen LogP contribution in [0.3, 0.4) is 0 Å². The van der Waals surface area contributed by atoms with Crippen molar-refractivity contribution in [2.24, 2.45) is 11.3 Å². The van der Waals surface area contributed by atoms with Gasteiger partial charge in [0.1, 0.15) is 16.6 Å². The molecule has 0 spiro atoms. The molecule has 1 aromatic heterocycles. The molecule has 1 aliphatic rings. The number of benzene rings is 1. The van der Waals surface area contributed by atoms with Gasteiger partial charge in [-0.2, -0.15) is 5.26 Å². The molecule has 0 bridgehead atoms. The minimum Gasteiger partial charge on any atom is -0.312 e. The number of thiophene rings is 1. The van der Waals surface area contributed by atoms with Crippen molar-refractivity contribution in [2.45, 2.75) is 40.0 Å². The highest BCUT2D eigenvalue weighted by Crippen LogP contribution is 2.44. The fourth-order valence-corrected chi connectivity index (χ4v) is 4.99. The molecular formula is C20H20ClN3O3S. The Labute approximate surface area is 172 Å². The quantitative estimate of drug-likeness (QED) is 0.520. The first kappa shape index (κ1) is 20.3. The lowest BCUT2D eigenvalue weighted by Gasteiger charge is -2.33. The molecule has 1 aromatic carbocycles. The van der Waals surface area contributed by atoms with E-state index >= 15 is 0 Å². The maximum atomic E-state index is 12.7. The van der Waals surface area contributed by atoms with Gasteiger partial charge in [-0.25, -0.2) is 0 Å². The van der Waals surface area contributed by atoms with Crippen molar-refractivity contribution in [1.29, 1.82) is 5.26 Å². The van der Waals surface area contributed by atoms with E-state index in [-0.39, 0.29) is 21.7 Å². The summed E-state index contributed by atoms with van der Waals surface area (Å²) in [5.41, 5.74) is 1.18. The van der Waals surface area contributed by atoms with E-state index < -0.39 is 10.8 Å². The van der Waals surface area contributed by atoms with Gasteiger partial charge >= 0.3 is 0 Å². The third-order valence-corrected chi connectivity index (χ3v) is 6.63. The summed E-state index contributed by atoms with van der Waals surface area (Å²) in [6, 6.07) is 6.11. The summed E-state index contributed by atoms with van der Waals surface area (Å²) in [6.45, 7) is 6.64. The summed E-state index contributed by atoms with van der Waals surface area (Å²) < 4.78 is 0. The Kier molecular flexibility index (Phi) is 5.46. The summed E-state index contributed by atoms with van der Waals surface area (Å²) >= 11 is 7.21. The number of hydrogen-bond acceptors (Lipinski definition) is 5. The maximum absolute atomic E-state index is 12.7. The molecule has 3 rings (SSSR count). The van der Waals surface area contributed by atoms with Crippen LogP contribution in [0.5, 0.6) is 0 Å². The number of nitro benzene ring substituents is 1. The number of carbonyl (C=O) groups is 1. The molecular weight excluding hydrogens is 398 g/mol. The largest absolute Gasteiger partial charge is 0.312 e. The predicted molar refractivity (Wildman–Crippen MR) is 110 cm³/mol. The molecule has 0 aliphatic heterocycles. The smallest absolute Gasteiger partial charge is 0.283 e. The highest BCUT2D eigenvalue weighted by molar-refractivity contribution is 7.16. The van der Waals surface area contributed by atoms with Gasteiger partial charge < -0.3 is 5.32 Å². The summed E-state index contributed by atoms with van der Waals surface area (Å²) in [7, 11) is 0. The van der Waals surface area contributed by atoms with Crippen molar-refractivity contribution in [2.75, 3.05) is 5.32 Å². The number of carbonyl (C=O) groups excluding carboxylic acids is 1. The standard InChI is InChI=1S/C20H20ClN3O3S/c1-20(2,3)11-4-6-13-15(10-22)19(28-17(13)8-11)23-18(25)14-7-5-12(21)9-16(14)24(26)27/h5,7,9,11H,4,6,8H2,1-3H3,(H,23,25)/t11-/m1/s1. The summed E-state index contributed by atoms with van der Waals surface area (Å²) in [5.74, 6) is -0.114. The Balaban J connectivity index is 1.93. The average molecular weight is 418 g/mol. The highest BCUT2D eigenvalue weighted by Gasteiger charge is 2.32. The van der Waals surface area contributed by atoms with E-state index in [1.165, 1.54) is 23.5 Å². The number of nitrogens with one attached hydrogen (secondary N) is 1. The van der Waals surface area contributed by atoms with E-state index in [0.29, 0.717) is 16.5 Å². The zero-order chi connectivity index (χ0) is 20.6. The minimum atomic E-state index is -0.640. The number of anilines is 1. The van der Waals surface area contributed by atoms with Crippen LogP contribution in [0.4, 0.5) is 10.7 Å². The van der Waals surface area contributed by atoms with Gasteiger partial charge in [0.25, 0.3) is 11.6 Å². The van der Waals surface area contributed by atoms with Crippen LogP contribution in [0.1, 0.15) is 53.6 Å². The zero-order valence-corrected chi connectivity index (χ0v) is 17.4. The average Bonchev–Trinajstić information content (AvgIpc) is 2.96. The lowest BCUT2D eigenvalue weighted by Crippen LogP contribution is -2.26. The molecule has 0 radical (unpaired) electrons. The van der Waals surface area contributed by atoms with Gasteiger partial charge in [-0.15, -0.1) is 11.3 Å². The maximum Gasteiger partial charge on any atom is 0.283 e. The number of hydrogen-bond donors (Lipinski definition) is 1. The second-order valence-corrected chi connectivity index (χ2v) is 9.54. The molecule has 0 saturated heterocycles. The van der Waals surface area contributed by atoms with Gasteiger partial charge in [0, 0.05) is 16.0 Å². The van der Waals surface area contributed by atoms with E-state index in [0.717, 1.165) is 35.8 Å². The lowest BCUT2D eigenvalue weighted by atomic mass is 9.72. The molecule has 1 amide bonds. The molecule has 146 valence electrons. The number of nitro groups is 1. The number of nitriles is 1. The van der Waals surface area contributed by atoms with Gasteiger partial charge in [-0.05, 0) is 48.3 Å². The van der Waals surface area contributed by atoms with Gasteiger partial charge in [-0.1, -0.05) is 32.4 Å². The van der Waals surface area contributed by atoms with Crippen molar-refractivity contribution in [3.05, 3.63) is 54.9 Å². The highest BCUT2D eigenvalue weighted by atomic mass is 35.5. The van der Waals surface area contributed by atoms with Gasteiger partial charge in [0.05, 0.1) is 10.5 Å². The number of amides is 1. The van der Waals surface area contributed by atoms with Gasteiger partial charge in [0.2, 0.25) is 0 Å². The number of nitrogens with zero attached hydrogens (tertiary/aromatic N) is 2. The predicted octanol–water partition coefficient (Wildman–Crippen LogP) is 5.58. The molecule has 6 nitrogen and oxygen atoms in total. The van der Waals surface area contributed by atoms with Crippen molar-refractivity contribution < 1.29 is 9.72 Å². The minimum absolute atomic E-state index is 0.0859. The molecule has 0 unspecified atom stereocenters. The number of rotatable bonds is 3. The Morgan fingerprint density at radius 2 is 2.14 bits per heavy atom. The van der Waals surface area contributed by atoms with Crippen LogP contribution in [0.2, 0.25) is 5.02 Å². The molecule has 2 aromatic rings. The topological polar surface area (TPSA) is 96.0 Å². The number of halogens is 1. The monoisotopic (exact) mass is 417 g/mol. The third-order valence-electron chi connectivity index (χ3n) is 5.23. The lowest BCUT2D eigenvalue weighted by molar-refractivity contribution is -0.385. The molecule has 8 heteroatoms. The van der Waals surface area contributed by atoms with Crippen LogP contribution in [0, 0.1) is 32.8 Å². The van der Waals surface area contributed by atoms with Crippen LogP contribution < -0.4 is 5.32 Å². The van der Waals surface area contributed by atoms with Crippen molar-refractivity contribution in [3.8, 4) is 6.07 Å². The van der Waals surface area contributed by atoms with Crippen LogP contribution in [0.15, 0.2) is 18.2 Å². The zero-order valence-electron chi connectivity index (χ0n) is 15.8. The fraction of sp³-hybridized carbons (Fsp3) is 0.400. The van der Waals surface area contributed by atoms with Crippen LogP contribution in [0.25, 0.3) is 0 Å². The van der Waals surface area contributed by atoms with E-state index in [1.54, 1.807) is 0 Å². The molecule has 0 saturated carbocycles. The molecule has 1 heterocycles. The van der Waals surface area contributed by atoms with Crippen LogP contribution in [-0.4, -0.2) is 10.8 Å². The van der Waals surface area contributed by atoms with E-state index in [2.05, 4.69) is 32.2 Å². The normalized spacial score (nSPS) is 16.2. The first-order valence-electron chi connectivity index (χ1n) is 8.91. The van der Waals surface area contributed by atoms with Crippen molar-refractivity contribution in [3.63, 3.8) is 0 Å². The van der Waals surface area contributed by atoms with Gasteiger partial charge in [-0.3, -0.25) is 14.9 Å². The summed E-state index contributed by atoms with van der Waals surface area (Å²) in [5, 5.41) is 24.2. The second-order valence-electron chi connectivity index (χ2n) is 8.00. The van der Waals surface area contributed by atoms with Crippen molar-refractivity contribution >= 4 is 39.5 Å².